The first-order chi connectivity index (χ1) is 9.15. The molecule has 1 heterocycles. The van der Waals surface area contributed by atoms with Gasteiger partial charge in [-0.3, -0.25) is 4.90 Å². The first-order valence-electron chi connectivity index (χ1n) is 6.20. The van der Waals surface area contributed by atoms with Crippen LogP contribution in [-0.4, -0.2) is 48.9 Å². The van der Waals surface area contributed by atoms with Crippen LogP contribution >= 0.6 is 15.9 Å². The number of hydrogen-bond acceptors (Lipinski definition) is 3. The molecule has 1 aliphatic rings. The zero-order chi connectivity index (χ0) is 13.7. The van der Waals surface area contributed by atoms with Gasteiger partial charge >= 0.3 is 6.09 Å². The highest BCUT2D eigenvalue weighted by Gasteiger charge is 2.19. The molecular weight excluding hydrogens is 312 g/mol. The van der Waals surface area contributed by atoms with Gasteiger partial charge in [0.15, 0.2) is 0 Å². The van der Waals surface area contributed by atoms with Crippen molar-refractivity contribution < 1.29 is 14.6 Å². The van der Waals surface area contributed by atoms with Crippen molar-refractivity contribution in [2.24, 2.45) is 0 Å². The smallest absolute Gasteiger partial charge is 0.405 e. The normalized spacial score (nSPS) is 17.9. The van der Waals surface area contributed by atoms with Gasteiger partial charge in [-0.25, -0.2) is 4.79 Å². The molecule has 6 heteroatoms. The van der Waals surface area contributed by atoms with Gasteiger partial charge in [-0.2, -0.15) is 0 Å². The summed E-state index contributed by atoms with van der Waals surface area (Å²) >= 11 is 3.41. The highest BCUT2D eigenvalue weighted by atomic mass is 79.9. The summed E-state index contributed by atoms with van der Waals surface area (Å²) in [6, 6.07) is 7.49. The fourth-order valence-electron chi connectivity index (χ4n) is 2.15. The van der Waals surface area contributed by atoms with Gasteiger partial charge < -0.3 is 15.2 Å². The summed E-state index contributed by atoms with van der Waals surface area (Å²) in [5, 5.41) is 11.6. The zero-order valence-corrected chi connectivity index (χ0v) is 12.1. The van der Waals surface area contributed by atoms with Crippen LogP contribution in [0.25, 0.3) is 0 Å². The summed E-state index contributed by atoms with van der Waals surface area (Å²) in [5.74, 6) is 0. The lowest BCUT2D eigenvalue weighted by atomic mass is 10.1. The lowest BCUT2D eigenvalue weighted by Crippen LogP contribution is -2.42. The Morgan fingerprint density at radius 2 is 2.21 bits per heavy atom. The Labute approximate surface area is 120 Å². The molecule has 104 valence electrons. The second kappa shape index (κ2) is 6.88. The van der Waals surface area contributed by atoms with Crippen LogP contribution in [0.15, 0.2) is 28.7 Å². The minimum absolute atomic E-state index is 0.229. The minimum Gasteiger partial charge on any atom is -0.465 e. The number of amides is 1. The number of nitrogens with one attached hydrogen (secondary N) is 1. The molecular formula is C13H17BrN2O3. The topological polar surface area (TPSA) is 61.8 Å². The predicted octanol–water partition coefficient (Wildman–Crippen LogP) is 2.09. The fourth-order valence-corrected chi connectivity index (χ4v) is 2.57. The molecule has 0 aliphatic carbocycles. The maximum Gasteiger partial charge on any atom is 0.405 e. The molecule has 19 heavy (non-hydrogen) atoms. The van der Waals surface area contributed by atoms with Gasteiger partial charge in [-0.15, -0.1) is 0 Å². The Balaban J connectivity index is 2.08. The van der Waals surface area contributed by atoms with Gasteiger partial charge in [0.05, 0.1) is 19.3 Å². The number of nitrogens with zero attached hydrogens (tertiary/aromatic N) is 1. The average molecular weight is 329 g/mol. The Kier molecular flexibility index (Phi) is 5.18. The fraction of sp³-hybridized carbons (Fsp3) is 0.462. The Morgan fingerprint density at radius 1 is 1.47 bits per heavy atom. The molecule has 5 nitrogen and oxygen atoms in total. The number of carboxylic acid groups (broad SMARTS) is 1. The molecule has 1 fully saturated rings. The summed E-state index contributed by atoms with van der Waals surface area (Å²) in [4.78, 5) is 13.2. The number of ether oxygens (including phenoxy) is 1. The molecule has 1 amide bonds. The maximum atomic E-state index is 10.9. The van der Waals surface area contributed by atoms with Gasteiger partial charge in [-0.1, -0.05) is 28.1 Å². The first-order valence-corrected chi connectivity index (χ1v) is 6.99. The number of benzene rings is 1. The van der Waals surface area contributed by atoms with Crippen molar-refractivity contribution in [3.8, 4) is 0 Å². The molecule has 0 saturated carbocycles. The number of carbonyl (C=O) groups is 1. The van der Waals surface area contributed by atoms with Crippen molar-refractivity contribution in [1.82, 2.24) is 10.2 Å². The van der Waals surface area contributed by atoms with Crippen LogP contribution in [0.4, 0.5) is 4.79 Å². The highest BCUT2D eigenvalue weighted by Crippen LogP contribution is 2.19. The van der Waals surface area contributed by atoms with E-state index in [1.54, 1.807) is 0 Å². The molecule has 1 aromatic rings. The summed E-state index contributed by atoms with van der Waals surface area (Å²) in [7, 11) is 0. The third kappa shape index (κ3) is 4.49. The van der Waals surface area contributed by atoms with E-state index in [-0.39, 0.29) is 6.04 Å². The standard InChI is InChI=1S/C13H17BrN2O3/c14-11-3-1-2-10(8-11)12(15-13(17)18)9-16-4-6-19-7-5-16/h1-3,8,12,15H,4-7,9H2,(H,17,18)/t12-/m0/s1. The molecule has 1 aromatic carbocycles. The van der Waals surface area contributed by atoms with E-state index in [1.807, 2.05) is 24.3 Å². The number of rotatable bonds is 4. The van der Waals surface area contributed by atoms with Crippen LogP contribution in [0.5, 0.6) is 0 Å². The van der Waals surface area contributed by atoms with Crippen LogP contribution in [0, 0.1) is 0 Å². The van der Waals surface area contributed by atoms with Crippen molar-refractivity contribution in [2.75, 3.05) is 32.8 Å². The molecule has 0 unspecified atom stereocenters. The van der Waals surface area contributed by atoms with Crippen molar-refractivity contribution >= 4 is 22.0 Å². The van der Waals surface area contributed by atoms with Crippen LogP contribution in [-0.2, 0) is 4.74 Å². The third-order valence-corrected chi connectivity index (χ3v) is 3.59. The Morgan fingerprint density at radius 3 is 2.84 bits per heavy atom. The summed E-state index contributed by atoms with van der Waals surface area (Å²) < 4.78 is 6.25. The highest BCUT2D eigenvalue weighted by molar-refractivity contribution is 9.10. The van der Waals surface area contributed by atoms with E-state index in [9.17, 15) is 4.79 Å². The Bertz CT molecular complexity index is 436. The quantitative estimate of drug-likeness (QED) is 0.888. The van der Waals surface area contributed by atoms with E-state index in [4.69, 9.17) is 9.84 Å². The summed E-state index contributed by atoms with van der Waals surface area (Å²) in [6.07, 6.45) is -1.00. The molecule has 0 radical (unpaired) electrons. The third-order valence-electron chi connectivity index (χ3n) is 3.09. The van der Waals surface area contributed by atoms with Gasteiger partial charge in [0.25, 0.3) is 0 Å². The van der Waals surface area contributed by atoms with Gasteiger partial charge in [0.1, 0.15) is 0 Å². The molecule has 0 bridgehead atoms. The summed E-state index contributed by atoms with van der Waals surface area (Å²) in [6.45, 7) is 3.75. The monoisotopic (exact) mass is 328 g/mol. The van der Waals surface area contributed by atoms with E-state index in [0.29, 0.717) is 19.8 Å². The molecule has 1 saturated heterocycles. The number of halogens is 1. The second-order valence-electron chi connectivity index (χ2n) is 4.47. The van der Waals surface area contributed by atoms with Gasteiger partial charge in [0, 0.05) is 24.1 Å². The van der Waals surface area contributed by atoms with Crippen molar-refractivity contribution in [3.63, 3.8) is 0 Å². The minimum atomic E-state index is -1.00. The van der Waals surface area contributed by atoms with Crippen molar-refractivity contribution in [2.45, 2.75) is 6.04 Å². The van der Waals surface area contributed by atoms with E-state index in [2.05, 4.69) is 26.1 Å². The SMILES string of the molecule is O=C(O)N[C@@H](CN1CCOCC1)c1cccc(Br)c1. The van der Waals surface area contributed by atoms with Crippen LogP contribution in [0.1, 0.15) is 11.6 Å². The number of hydrogen-bond donors (Lipinski definition) is 2. The largest absolute Gasteiger partial charge is 0.465 e. The molecule has 1 aliphatic heterocycles. The summed E-state index contributed by atoms with van der Waals surface area (Å²) in [5.41, 5.74) is 0.961. The maximum absolute atomic E-state index is 10.9. The second-order valence-corrected chi connectivity index (χ2v) is 5.39. The van der Waals surface area contributed by atoms with Crippen LogP contribution < -0.4 is 5.32 Å². The Hall–Kier alpha value is -1.11. The van der Waals surface area contributed by atoms with Crippen molar-refractivity contribution in [3.05, 3.63) is 34.3 Å². The van der Waals surface area contributed by atoms with Crippen LogP contribution in [0.2, 0.25) is 0 Å². The van der Waals surface area contributed by atoms with E-state index in [1.165, 1.54) is 0 Å². The van der Waals surface area contributed by atoms with Crippen LogP contribution in [0.3, 0.4) is 0 Å². The lowest BCUT2D eigenvalue weighted by molar-refractivity contribution is 0.0335. The van der Waals surface area contributed by atoms with E-state index < -0.39 is 6.09 Å². The zero-order valence-electron chi connectivity index (χ0n) is 10.5. The first kappa shape index (κ1) is 14.3. The average Bonchev–Trinajstić information content (AvgIpc) is 2.39. The molecule has 1 atom stereocenters. The van der Waals surface area contributed by atoms with E-state index >= 15 is 0 Å². The molecule has 2 rings (SSSR count). The van der Waals surface area contributed by atoms with Crippen molar-refractivity contribution in [1.29, 1.82) is 0 Å². The van der Waals surface area contributed by atoms with Gasteiger partial charge in [0.2, 0.25) is 0 Å². The molecule has 0 aromatic heterocycles. The number of morpholine rings is 1. The van der Waals surface area contributed by atoms with E-state index in [0.717, 1.165) is 23.1 Å². The molecule has 2 N–H and O–H groups in total. The lowest BCUT2D eigenvalue weighted by Gasteiger charge is -2.30. The molecule has 0 spiro atoms. The predicted molar refractivity (Wildman–Crippen MR) is 75.3 cm³/mol. The van der Waals surface area contributed by atoms with Gasteiger partial charge in [-0.05, 0) is 17.7 Å².